The number of aryl methyl sites for hydroxylation is 2. The Morgan fingerprint density at radius 3 is 2.54 bits per heavy atom. The zero-order chi connectivity index (χ0) is 17.1. The minimum Gasteiger partial charge on any atom is -0.486 e. The Morgan fingerprint density at radius 1 is 1.12 bits per heavy atom. The molecule has 0 spiro atoms. The van der Waals surface area contributed by atoms with Crippen molar-refractivity contribution in [1.29, 1.82) is 0 Å². The van der Waals surface area contributed by atoms with Gasteiger partial charge in [-0.25, -0.2) is 4.98 Å². The summed E-state index contributed by atoms with van der Waals surface area (Å²) >= 11 is 0. The summed E-state index contributed by atoms with van der Waals surface area (Å²) in [7, 11) is 0. The molecule has 0 bridgehead atoms. The van der Waals surface area contributed by atoms with Crippen LogP contribution in [0.1, 0.15) is 30.3 Å². The number of ether oxygens (including phenoxy) is 1. The predicted molar refractivity (Wildman–Crippen MR) is 98.2 cm³/mol. The number of nitrogens with zero attached hydrogens (tertiary/aromatic N) is 2. The maximum Gasteiger partial charge on any atom is 0.148 e. The van der Waals surface area contributed by atoms with Crippen molar-refractivity contribution in [1.82, 2.24) is 9.55 Å². The average molecular weight is 323 g/mol. The highest BCUT2D eigenvalue weighted by molar-refractivity contribution is 5.78. The molecule has 0 aliphatic rings. The molecule has 4 heteroatoms. The lowest BCUT2D eigenvalue weighted by Gasteiger charge is -2.14. The Hall–Kier alpha value is -2.33. The number of nitrogens with two attached hydrogens (primary N) is 1. The number of hydrogen-bond donors (Lipinski definition) is 1. The molecular weight excluding hydrogens is 298 g/mol. The van der Waals surface area contributed by atoms with Crippen LogP contribution in [-0.2, 0) is 13.2 Å². The molecule has 1 unspecified atom stereocenters. The molecule has 0 amide bonds. The quantitative estimate of drug-likeness (QED) is 0.747. The van der Waals surface area contributed by atoms with Crippen LogP contribution >= 0.6 is 0 Å². The highest BCUT2D eigenvalue weighted by Gasteiger charge is 2.14. The summed E-state index contributed by atoms with van der Waals surface area (Å²) in [4.78, 5) is 4.80. The summed E-state index contributed by atoms with van der Waals surface area (Å²) in [5, 5.41) is 0. The normalized spacial score (nSPS) is 12.5. The first-order chi connectivity index (χ1) is 11.6. The molecule has 3 rings (SSSR count). The van der Waals surface area contributed by atoms with Crippen molar-refractivity contribution in [2.45, 2.75) is 46.4 Å². The largest absolute Gasteiger partial charge is 0.486 e. The monoisotopic (exact) mass is 323 g/mol. The molecule has 0 radical (unpaired) electrons. The molecule has 0 saturated heterocycles. The lowest BCUT2D eigenvalue weighted by molar-refractivity contribution is 0.288. The fraction of sp³-hybridized carbons (Fsp3) is 0.350. The minimum absolute atomic E-state index is 0.111. The number of benzene rings is 2. The molecule has 24 heavy (non-hydrogen) atoms. The number of hydrogen-bond acceptors (Lipinski definition) is 3. The number of aromatic nitrogens is 2. The van der Waals surface area contributed by atoms with Crippen LogP contribution in [0.4, 0.5) is 0 Å². The van der Waals surface area contributed by atoms with Gasteiger partial charge in [0, 0.05) is 12.6 Å². The molecule has 0 aliphatic carbocycles. The maximum absolute atomic E-state index is 6.21. The summed E-state index contributed by atoms with van der Waals surface area (Å²) < 4.78 is 8.12. The summed E-state index contributed by atoms with van der Waals surface area (Å²) in [6.45, 7) is 7.55. The van der Waals surface area contributed by atoms with Gasteiger partial charge < -0.3 is 15.0 Å². The molecule has 2 aromatic carbocycles. The van der Waals surface area contributed by atoms with Crippen molar-refractivity contribution in [2.75, 3.05) is 0 Å². The van der Waals surface area contributed by atoms with Gasteiger partial charge in [0.05, 0.1) is 11.0 Å². The first-order valence-electron chi connectivity index (χ1n) is 8.48. The summed E-state index contributed by atoms with van der Waals surface area (Å²) in [5.74, 6) is 1.77. The summed E-state index contributed by atoms with van der Waals surface area (Å²) in [6, 6.07) is 14.3. The molecule has 3 aromatic rings. The van der Waals surface area contributed by atoms with E-state index in [0.717, 1.165) is 35.6 Å². The van der Waals surface area contributed by atoms with Gasteiger partial charge in [-0.3, -0.25) is 0 Å². The van der Waals surface area contributed by atoms with Gasteiger partial charge in [0.2, 0.25) is 0 Å². The third kappa shape index (κ3) is 3.44. The summed E-state index contributed by atoms with van der Waals surface area (Å²) in [5.41, 5.74) is 10.9. The van der Waals surface area contributed by atoms with Crippen LogP contribution in [0.25, 0.3) is 11.0 Å². The van der Waals surface area contributed by atoms with Crippen LogP contribution in [0.5, 0.6) is 5.75 Å². The highest BCUT2D eigenvalue weighted by Crippen LogP contribution is 2.22. The van der Waals surface area contributed by atoms with Gasteiger partial charge in [-0.2, -0.15) is 0 Å². The predicted octanol–water partition coefficient (Wildman–Crippen LogP) is 3.97. The lowest BCUT2D eigenvalue weighted by atomic mass is 10.1. The molecule has 1 heterocycles. The van der Waals surface area contributed by atoms with Gasteiger partial charge in [-0.1, -0.05) is 25.1 Å². The first-order valence-corrected chi connectivity index (χ1v) is 8.48. The van der Waals surface area contributed by atoms with Gasteiger partial charge in [-0.15, -0.1) is 0 Å². The molecule has 0 saturated carbocycles. The minimum atomic E-state index is 0.111. The lowest BCUT2D eigenvalue weighted by Crippen LogP contribution is -2.26. The fourth-order valence-corrected chi connectivity index (χ4v) is 2.77. The Morgan fingerprint density at radius 2 is 1.83 bits per heavy atom. The van der Waals surface area contributed by atoms with E-state index in [9.17, 15) is 0 Å². The second-order valence-electron chi connectivity index (χ2n) is 6.33. The smallest absolute Gasteiger partial charge is 0.148 e. The second kappa shape index (κ2) is 7.05. The Bertz CT molecular complexity index is 824. The third-order valence-corrected chi connectivity index (χ3v) is 4.50. The maximum atomic E-state index is 6.21. The SMILES string of the molecule is CCC(N)Cn1c(COc2ccccc2)nc2cc(C)c(C)cc21. The van der Waals surface area contributed by atoms with Gasteiger partial charge in [0.25, 0.3) is 0 Å². The van der Waals surface area contributed by atoms with E-state index in [1.807, 2.05) is 30.3 Å². The molecule has 0 aliphatic heterocycles. The van der Waals surface area contributed by atoms with Crippen LogP contribution in [-0.4, -0.2) is 15.6 Å². The van der Waals surface area contributed by atoms with Gasteiger partial charge in [-0.05, 0) is 55.7 Å². The van der Waals surface area contributed by atoms with Crippen LogP contribution < -0.4 is 10.5 Å². The molecule has 1 aromatic heterocycles. The van der Waals surface area contributed by atoms with Crippen molar-refractivity contribution in [3.63, 3.8) is 0 Å². The van der Waals surface area contributed by atoms with Crippen LogP contribution in [0.3, 0.4) is 0 Å². The zero-order valence-electron chi connectivity index (χ0n) is 14.6. The Kier molecular flexibility index (Phi) is 4.86. The van der Waals surface area contributed by atoms with E-state index in [1.165, 1.54) is 11.1 Å². The van der Waals surface area contributed by atoms with E-state index in [4.69, 9.17) is 15.5 Å². The van der Waals surface area contributed by atoms with Gasteiger partial charge >= 0.3 is 0 Å². The molecule has 1 atom stereocenters. The van der Waals surface area contributed by atoms with E-state index >= 15 is 0 Å². The zero-order valence-corrected chi connectivity index (χ0v) is 14.6. The van der Waals surface area contributed by atoms with E-state index in [-0.39, 0.29) is 6.04 Å². The number of imidazole rings is 1. The van der Waals surface area contributed by atoms with E-state index in [2.05, 4.69) is 37.5 Å². The van der Waals surface area contributed by atoms with Crippen LogP contribution in [0, 0.1) is 13.8 Å². The van der Waals surface area contributed by atoms with Crippen LogP contribution in [0.15, 0.2) is 42.5 Å². The summed E-state index contributed by atoms with van der Waals surface area (Å²) in [6.07, 6.45) is 0.934. The molecule has 2 N–H and O–H groups in total. The van der Waals surface area contributed by atoms with Gasteiger partial charge in [0.1, 0.15) is 18.2 Å². The Labute approximate surface area is 143 Å². The molecular formula is C20H25N3O. The highest BCUT2D eigenvalue weighted by atomic mass is 16.5. The van der Waals surface area contributed by atoms with Crippen molar-refractivity contribution >= 4 is 11.0 Å². The average Bonchev–Trinajstić information content (AvgIpc) is 2.91. The van der Waals surface area contributed by atoms with Crippen molar-refractivity contribution < 1.29 is 4.74 Å². The number of para-hydroxylation sites is 1. The number of fused-ring (bicyclic) bond motifs is 1. The molecule has 4 nitrogen and oxygen atoms in total. The number of rotatable bonds is 6. The third-order valence-electron chi connectivity index (χ3n) is 4.50. The first kappa shape index (κ1) is 16.5. The fourth-order valence-electron chi connectivity index (χ4n) is 2.77. The molecule has 126 valence electrons. The van der Waals surface area contributed by atoms with E-state index in [1.54, 1.807) is 0 Å². The van der Waals surface area contributed by atoms with Crippen molar-refractivity contribution in [2.24, 2.45) is 5.73 Å². The van der Waals surface area contributed by atoms with E-state index < -0.39 is 0 Å². The van der Waals surface area contributed by atoms with Gasteiger partial charge in [0.15, 0.2) is 0 Å². The van der Waals surface area contributed by atoms with E-state index in [0.29, 0.717) is 6.61 Å². The van der Waals surface area contributed by atoms with Crippen molar-refractivity contribution in [3.05, 3.63) is 59.4 Å². The van der Waals surface area contributed by atoms with Crippen molar-refractivity contribution in [3.8, 4) is 5.75 Å². The second-order valence-corrected chi connectivity index (χ2v) is 6.33. The standard InChI is InChI=1S/C20H25N3O/c1-4-16(21)12-23-19-11-15(3)14(2)10-18(19)22-20(23)13-24-17-8-6-5-7-9-17/h5-11,16H,4,12-13,21H2,1-3H3. The Balaban J connectivity index is 1.96. The topological polar surface area (TPSA) is 53.1 Å². The van der Waals surface area contributed by atoms with Crippen LogP contribution in [0.2, 0.25) is 0 Å². The molecule has 0 fully saturated rings.